The van der Waals surface area contributed by atoms with Crippen LogP contribution >= 0.6 is 23.1 Å². The molecule has 0 radical (unpaired) electrons. The fourth-order valence-corrected chi connectivity index (χ4v) is 4.87. The maximum absolute atomic E-state index is 13.0. The van der Waals surface area contributed by atoms with Crippen LogP contribution in [0.3, 0.4) is 0 Å². The number of carbonyl (C=O) groups excluding carboxylic acids is 2. The highest BCUT2D eigenvalue weighted by atomic mass is 32.2. The minimum atomic E-state index is -0.677. The molecule has 9 heteroatoms. The lowest BCUT2D eigenvalue weighted by atomic mass is 10.1. The summed E-state index contributed by atoms with van der Waals surface area (Å²) in [5.74, 6) is 0.317. The van der Waals surface area contributed by atoms with E-state index in [1.165, 1.54) is 18.8 Å². The average Bonchev–Trinajstić information content (AvgIpc) is 3.49. The van der Waals surface area contributed by atoms with Gasteiger partial charge in [0.25, 0.3) is 0 Å². The number of amides is 3. The van der Waals surface area contributed by atoms with Gasteiger partial charge in [-0.05, 0) is 22.6 Å². The van der Waals surface area contributed by atoms with Crippen LogP contribution in [0.2, 0.25) is 0 Å². The van der Waals surface area contributed by atoms with Crippen molar-refractivity contribution in [3.05, 3.63) is 89.3 Å². The van der Waals surface area contributed by atoms with Crippen molar-refractivity contribution < 1.29 is 9.59 Å². The number of hydrogen-bond donors (Lipinski definition) is 2. The molecule has 4 aromatic rings. The van der Waals surface area contributed by atoms with Crippen molar-refractivity contribution in [2.24, 2.45) is 0 Å². The van der Waals surface area contributed by atoms with Crippen molar-refractivity contribution >= 4 is 35.0 Å². The largest absolute Gasteiger partial charge is 0.341 e. The Morgan fingerprint density at radius 3 is 2.38 bits per heavy atom. The van der Waals surface area contributed by atoms with Gasteiger partial charge in [-0.25, -0.2) is 4.79 Å². The summed E-state index contributed by atoms with van der Waals surface area (Å²) in [6.45, 7) is 0.558. The summed E-state index contributed by atoms with van der Waals surface area (Å²) in [5.41, 5.74) is 1.86. The molecule has 0 bridgehead atoms. The third kappa shape index (κ3) is 5.06. The Morgan fingerprint density at radius 2 is 1.72 bits per heavy atom. The minimum Gasteiger partial charge on any atom is -0.341 e. The molecule has 0 aliphatic heterocycles. The molecule has 162 valence electrons. The molecule has 0 aliphatic rings. The van der Waals surface area contributed by atoms with Crippen LogP contribution in [-0.2, 0) is 11.3 Å². The Balaban J connectivity index is 1.71. The normalized spacial score (nSPS) is 11.7. The highest BCUT2D eigenvalue weighted by Crippen LogP contribution is 2.37. The van der Waals surface area contributed by atoms with Crippen LogP contribution in [0.25, 0.3) is 10.7 Å². The van der Waals surface area contributed by atoms with Crippen molar-refractivity contribution in [2.75, 3.05) is 7.05 Å². The summed E-state index contributed by atoms with van der Waals surface area (Å²) < 4.78 is 2.01. The smallest absolute Gasteiger partial charge is 0.321 e. The number of benzene rings is 2. The van der Waals surface area contributed by atoms with Crippen molar-refractivity contribution in [1.29, 1.82) is 0 Å². The number of urea groups is 1. The van der Waals surface area contributed by atoms with Gasteiger partial charge in [0.2, 0.25) is 5.91 Å². The summed E-state index contributed by atoms with van der Waals surface area (Å²) in [7, 11) is 1.47. The minimum absolute atomic E-state index is 0.424. The molecular formula is C23H21N5O2S2. The molecule has 2 N–H and O–H groups in total. The van der Waals surface area contributed by atoms with Crippen LogP contribution in [0, 0.1) is 0 Å². The maximum Gasteiger partial charge on any atom is 0.321 e. The van der Waals surface area contributed by atoms with E-state index in [-0.39, 0.29) is 0 Å². The molecule has 0 spiro atoms. The number of hydrogen-bond acceptors (Lipinski definition) is 6. The SMILES string of the molecule is CNC(=O)NC(=O)[C@@H](Sc1nnc(-c2cccs2)n1Cc1ccccc1)c1ccccc1. The van der Waals surface area contributed by atoms with E-state index in [1.54, 1.807) is 11.3 Å². The molecule has 2 aromatic heterocycles. The van der Waals surface area contributed by atoms with E-state index < -0.39 is 17.2 Å². The van der Waals surface area contributed by atoms with Crippen molar-refractivity contribution in [1.82, 2.24) is 25.4 Å². The highest BCUT2D eigenvalue weighted by Gasteiger charge is 2.27. The Kier molecular flexibility index (Phi) is 6.98. The fourth-order valence-electron chi connectivity index (χ4n) is 3.12. The van der Waals surface area contributed by atoms with Crippen molar-refractivity contribution in [3.8, 4) is 10.7 Å². The Hall–Kier alpha value is -3.43. The van der Waals surface area contributed by atoms with Gasteiger partial charge < -0.3 is 5.32 Å². The van der Waals surface area contributed by atoms with Crippen LogP contribution in [0.5, 0.6) is 0 Å². The van der Waals surface area contributed by atoms with Crippen LogP contribution in [0.4, 0.5) is 4.79 Å². The number of thioether (sulfide) groups is 1. The monoisotopic (exact) mass is 463 g/mol. The Labute approximate surface area is 193 Å². The number of rotatable bonds is 7. The first-order chi connectivity index (χ1) is 15.7. The predicted molar refractivity (Wildman–Crippen MR) is 127 cm³/mol. The molecule has 0 fully saturated rings. The predicted octanol–water partition coefficient (Wildman–Crippen LogP) is 4.34. The molecular weight excluding hydrogens is 442 g/mol. The van der Waals surface area contributed by atoms with E-state index in [1.807, 2.05) is 82.7 Å². The second kappa shape index (κ2) is 10.3. The van der Waals surface area contributed by atoms with E-state index in [0.29, 0.717) is 11.7 Å². The van der Waals surface area contributed by atoms with Crippen LogP contribution in [0.15, 0.2) is 83.3 Å². The highest BCUT2D eigenvalue weighted by molar-refractivity contribution is 8.00. The van der Waals surface area contributed by atoms with Gasteiger partial charge in [-0.1, -0.05) is 78.5 Å². The van der Waals surface area contributed by atoms with Gasteiger partial charge >= 0.3 is 6.03 Å². The topological polar surface area (TPSA) is 88.9 Å². The zero-order valence-corrected chi connectivity index (χ0v) is 18.9. The standard InChI is InChI=1S/C23H21N5O2S2/c1-24-22(30)25-21(29)19(17-11-6-3-7-12-17)32-23-27-26-20(18-13-8-14-31-18)28(23)15-16-9-4-2-5-10-16/h2-14,19H,15H2,1H3,(H2,24,25,29,30)/t19-/m0/s1. The van der Waals surface area contributed by atoms with E-state index in [0.717, 1.165) is 21.8 Å². The van der Waals surface area contributed by atoms with Crippen LogP contribution in [-0.4, -0.2) is 33.8 Å². The first kappa shape index (κ1) is 21.8. The van der Waals surface area contributed by atoms with Crippen LogP contribution < -0.4 is 10.6 Å². The summed E-state index contributed by atoms with van der Waals surface area (Å²) >= 11 is 2.85. The quantitative estimate of drug-likeness (QED) is 0.398. The molecule has 0 aliphatic carbocycles. The molecule has 2 aromatic carbocycles. The average molecular weight is 464 g/mol. The van der Waals surface area contributed by atoms with E-state index in [2.05, 4.69) is 20.8 Å². The van der Waals surface area contributed by atoms with Gasteiger partial charge in [-0.2, -0.15) is 0 Å². The number of carbonyl (C=O) groups is 2. The molecule has 0 saturated heterocycles. The molecule has 2 heterocycles. The third-order valence-electron chi connectivity index (χ3n) is 4.67. The summed E-state index contributed by atoms with van der Waals surface area (Å²) in [4.78, 5) is 25.8. The van der Waals surface area contributed by atoms with Gasteiger partial charge in [0, 0.05) is 7.05 Å². The molecule has 0 unspecified atom stereocenters. The number of imide groups is 1. The van der Waals surface area contributed by atoms with Crippen LogP contribution in [0.1, 0.15) is 16.4 Å². The first-order valence-corrected chi connectivity index (χ1v) is 11.7. The van der Waals surface area contributed by atoms with Gasteiger partial charge in [-0.3, -0.25) is 14.7 Å². The van der Waals surface area contributed by atoms with E-state index in [9.17, 15) is 9.59 Å². The van der Waals surface area contributed by atoms with E-state index in [4.69, 9.17) is 0 Å². The zero-order chi connectivity index (χ0) is 22.3. The summed E-state index contributed by atoms with van der Waals surface area (Å²) in [6, 6.07) is 22.8. The first-order valence-electron chi connectivity index (χ1n) is 9.91. The van der Waals surface area contributed by atoms with Gasteiger partial charge in [0.15, 0.2) is 11.0 Å². The maximum atomic E-state index is 13.0. The molecule has 4 rings (SSSR count). The molecule has 0 saturated carbocycles. The van der Waals surface area contributed by atoms with Crippen molar-refractivity contribution in [3.63, 3.8) is 0 Å². The number of aromatic nitrogens is 3. The summed E-state index contributed by atoms with van der Waals surface area (Å²) in [6.07, 6.45) is 0. The molecule has 3 amide bonds. The zero-order valence-electron chi connectivity index (χ0n) is 17.3. The lowest BCUT2D eigenvalue weighted by molar-refractivity contribution is -0.119. The molecule has 1 atom stereocenters. The fraction of sp³-hybridized carbons (Fsp3) is 0.130. The Bertz CT molecular complexity index is 1180. The summed E-state index contributed by atoms with van der Waals surface area (Å²) in [5, 5.41) is 15.6. The van der Waals surface area contributed by atoms with Gasteiger partial charge in [0.05, 0.1) is 11.4 Å². The number of thiophene rings is 1. The third-order valence-corrected chi connectivity index (χ3v) is 6.77. The Morgan fingerprint density at radius 1 is 1.00 bits per heavy atom. The lowest BCUT2D eigenvalue weighted by Crippen LogP contribution is -2.39. The second-order valence-corrected chi connectivity index (χ2v) is 8.85. The second-order valence-electron chi connectivity index (χ2n) is 6.83. The lowest BCUT2D eigenvalue weighted by Gasteiger charge is -2.17. The number of nitrogens with one attached hydrogen (secondary N) is 2. The number of nitrogens with zero attached hydrogens (tertiary/aromatic N) is 3. The van der Waals surface area contributed by atoms with Gasteiger partial charge in [-0.15, -0.1) is 21.5 Å². The molecule has 7 nitrogen and oxygen atoms in total. The van der Waals surface area contributed by atoms with Gasteiger partial charge in [0.1, 0.15) is 5.25 Å². The van der Waals surface area contributed by atoms with Crippen molar-refractivity contribution in [2.45, 2.75) is 17.0 Å². The van der Waals surface area contributed by atoms with E-state index >= 15 is 0 Å². The molecule has 32 heavy (non-hydrogen) atoms.